The third-order valence-electron chi connectivity index (χ3n) is 3.81. The Kier molecular flexibility index (Phi) is 4.79. The van der Waals surface area contributed by atoms with E-state index >= 15 is 0 Å². The van der Waals surface area contributed by atoms with E-state index in [0.29, 0.717) is 11.5 Å². The molecule has 0 unspecified atom stereocenters. The number of rotatable bonds is 6. The van der Waals surface area contributed by atoms with Crippen molar-refractivity contribution in [1.82, 2.24) is 14.8 Å². The third-order valence-corrected chi connectivity index (χ3v) is 3.81. The molecular formula is C19H19N3O3. The molecule has 0 aliphatic heterocycles. The van der Waals surface area contributed by atoms with Gasteiger partial charge in [-0.15, -0.1) is 0 Å². The number of ether oxygens (including phenoxy) is 1. The number of aryl methyl sites for hydroxylation is 1. The van der Waals surface area contributed by atoms with Gasteiger partial charge in [-0.05, 0) is 48.9 Å². The highest BCUT2D eigenvalue weighted by Crippen LogP contribution is 2.24. The van der Waals surface area contributed by atoms with E-state index in [4.69, 9.17) is 4.74 Å². The fourth-order valence-electron chi connectivity index (χ4n) is 2.56. The van der Waals surface area contributed by atoms with Crippen LogP contribution in [0.4, 0.5) is 0 Å². The second kappa shape index (κ2) is 7.17. The van der Waals surface area contributed by atoms with Gasteiger partial charge >= 0.3 is 5.97 Å². The van der Waals surface area contributed by atoms with E-state index in [9.17, 15) is 9.90 Å². The molecule has 6 heteroatoms. The summed E-state index contributed by atoms with van der Waals surface area (Å²) in [5.74, 6) is 1.20. The van der Waals surface area contributed by atoms with Crippen LogP contribution in [0.2, 0.25) is 0 Å². The van der Waals surface area contributed by atoms with Crippen LogP contribution in [0.1, 0.15) is 29.5 Å². The van der Waals surface area contributed by atoms with Crippen LogP contribution in [0.25, 0.3) is 17.1 Å². The first-order chi connectivity index (χ1) is 12.1. The van der Waals surface area contributed by atoms with Crippen molar-refractivity contribution in [2.75, 3.05) is 7.11 Å². The van der Waals surface area contributed by atoms with Gasteiger partial charge in [-0.1, -0.05) is 13.0 Å². The zero-order valence-corrected chi connectivity index (χ0v) is 14.1. The average Bonchev–Trinajstić information content (AvgIpc) is 3.06. The number of methoxy groups -OCH3 is 1. The Morgan fingerprint density at radius 2 is 1.96 bits per heavy atom. The van der Waals surface area contributed by atoms with E-state index in [1.165, 1.54) is 0 Å². The quantitative estimate of drug-likeness (QED) is 0.744. The maximum Gasteiger partial charge on any atom is 0.335 e. The molecule has 1 heterocycles. The lowest BCUT2D eigenvalue weighted by Crippen LogP contribution is -2.03. The van der Waals surface area contributed by atoms with Gasteiger partial charge in [0.2, 0.25) is 0 Å². The van der Waals surface area contributed by atoms with Gasteiger partial charge in [0.15, 0.2) is 11.6 Å². The molecule has 0 atom stereocenters. The number of aromatic nitrogens is 3. The van der Waals surface area contributed by atoms with Crippen molar-refractivity contribution in [2.24, 2.45) is 0 Å². The van der Waals surface area contributed by atoms with E-state index in [0.717, 1.165) is 30.0 Å². The predicted octanol–water partition coefficient (Wildman–Crippen LogP) is 3.59. The summed E-state index contributed by atoms with van der Waals surface area (Å²) in [7, 11) is 1.62. The first-order valence-electron chi connectivity index (χ1n) is 8.06. The molecule has 0 spiro atoms. The summed E-state index contributed by atoms with van der Waals surface area (Å²) in [6.07, 6.45) is 1.69. The third kappa shape index (κ3) is 3.52. The van der Waals surface area contributed by atoms with E-state index < -0.39 is 5.97 Å². The zero-order valence-electron chi connectivity index (χ0n) is 14.1. The van der Waals surface area contributed by atoms with Crippen LogP contribution < -0.4 is 4.74 Å². The van der Waals surface area contributed by atoms with Crippen molar-refractivity contribution in [2.45, 2.75) is 19.8 Å². The molecule has 0 saturated heterocycles. The van der Waals surface area contributed by atoms with Gasteiger partial charge in [-0.3, -0.25) is 0 Å². The fraction of sp³-hybridized carbons (Fsp3) is 0.211. The number of carboxylic acids is 1. The van der Waals surface area contributed by atoms with E-state index in [2.05, 4.69) is 17.0 Å². The molecule has 1 aromatic heterocycles. The van der Waals surface area contributed by atoms with E-state index in [-0.39, 0.29) is 5.56 Å². The first-order valence-corrected chi connectivity index (χ1v) is 8.06. The minimum absolute atomic E-state index is 0.214. The Labute approximate surface area is 145 Å². The molecule has 0 aliphatic carbocycles. The Hall–Kier alpha value is -3.15. The molecule has 3 aromatic rings. The molecule has 128 valence electrons. The summed E-state index contributed by atoms with van der Waals surface area (Å²) in [6.45, 7) is 2.07. The second-order valence-corrected chi connectivity index (χ2v) is 5.60. The molecule has 0 aliphatic rings. The van der Waals surface area contributed by atoms with Crippen LogP contribution in [0.3, 0.4) is 0 Å². The molecule has 0 amide bonds. The highest BCUT2D eigenvalue weighted by atomic mass is 16.5. The van der Waals surface area contributed by atoms with Gasteiger partial charge in [0.1, 0.15) is 5.75 Å². The van der Waals surface area contributed by atoms with Gasteiger partial charge in [0.05, 0.1) is 18.4 Å². The average molecular weight is 337 g/mol. The topological polar surface area (TPSA) is 77.2 Å². The fourth-order valence-corrected chi connectivity index (χ4v) is 2.56. The van der Waals surface area contributed by atoms with Gasteiger partial charge in [0, 0.05) is 12.0 Å². The number of carbonyl (C=O) groups is 1. The maximum absolute atomic E-state index is 11.3. The zero-order chi connectivity index (χ0) is 17.8. The van der Waals surface area contributed by atoms with Crippen molar-refractivity contribution in [1.29, 1.82) is 0 Å². The smallest absolute Gasteiger partial charge is 0.335 e. The minimum atomic E-state index is -0.971. The van der Waals surface area contributed by atoms with Crippen molar-refractivity contribution in [3.05, 3.63) is 59.9 Å². The van der Waals surface area contributed by atoms with Crippen LogP contribution in [0.15, 0.2) is 48.5 Å². The van der Waals surface area contributed by atoms with E-state index in [1.54, 1.807) is 30.0 Å². The lowest BCUT2D eigenvalue weighted by molar-refractivity contribution is 0.0697. The summed E-state index contributed by atoms with van der Waals surface area (Å²) < 4.78 is 6.89. The Morgan fingerprint density at radius 1 is 1.20 bits per heavy atom. The number of aromatic carboxylic acids is 1. The normalized spacial score (nSPS) is 10.6. The number of hydrogen-bond donors (Lipinski definition) is 1. The molecule has 25 heavy (non-hydrogen) atoms. The summed E-state index contributed by atoms with van der Waals surface area (Å²) in [5.41, 5.74) is 1.77. The number of carboxylic acid groups (broad SMARTS) is 1. The number of nitrogens with zero attached hydrogens (tertiary/aromatic N) is 3. The number of benzene rings is 2. The Balaban J connectivity index is 2.11. The van der Waals surface area contributed by atoms with Crippen molar-refractivity contribution in [3.63, 3.8) is 0 Å². The Bertz CT molecular complexity index is 885. The van der Waals surface area contributed by atoms with Crippen LogP contribution >= 0.6 is 0 Å². The second-order valence-electron chi connectivity index (χ2n) is 5.60. The molecule has 0 bridgehead atoms. The van der Waals surface area contributed by atoms with Crippen LogP contribution in [-0.4, -0.2) is 33.0 Å². The van der Waals surface area contributed by atoms with Crippen molar-refractivity contribution < 1.29 is 14.6 Å². The predicted molar refractivity (Wildman–Crippen MR) is 94.3 cm³/mol. The molecular weight excluding hydrogens is 318 g/mol. The van der Waals surface area contributed by atoms with Gasteiger partial charge in [0.25, 0.3) is 0 Å². The largest absolute Gasteiger partial charge is 0.497 e. The lowest BCUT2D eigenvalue weighted by atomic mass is 10.2. The molecule has 6 nitrogen and oxygen atoms in total. The van der Waals surface area contributed by atoms with Crippen LogP contribution in [-0.2, 0) is 6.42 Å². The standard InChI is InChI=1S/C19H19N3O3/c1-3-5-17-20-18(13-8-10-16(25-2)11-9-13)22(21-17)15-7-4-6-14(12-15)19(23)24/h4,6-12H,3,5H2,1-2H3,(H,23,24). The Morgan fingerprint density at radius 3 is 2.60 bits per heavy atom. The van der Waals surface area contributed by atoms with Crippen molar-refractivity contribution >= 4 is 5.97 Å². The number of hydrogen-bond acceptors (Lipinski definition) is 4. The molecule has 0 fully saturated rings. The van der Waals surface area contributed by atoms with Crippen LogP contribution in [0, 0.1) is 0 Å². The highest BCUT2D eigenvalue weighted by molar-refractivity contribution is 5.88. The summed E-state index contributed by atoms with van der Waals surface area (Å²) in [5, 5.41) is 13.8. The summed E-state index contributed by atoms with van der Waals surface area (Å²) >= 11 is 0. The van der Waals surface area contributed by atoms with Crippen molar-refractivity contribution in [3.8, 4) is 22.8 Å². The van der Waals surface area contributed by atoms with Gasteiger partial charge in [-0.2, -0.15) is 5.10 Å². The SMILES string of the molecule is CCCc1nc(-c2ccc(OC)cc2)n(-c2cccc(C(=O)O)c2)n1. The van der Waals surface area contributed by atoms with Gasteiger partial charge < -0.3 is 9.84 Å². The summed E-state index contributed by atoms with van der Waals surface area (Å²) in [4.78, 5) is 15.9. The first kappa shape index (κ1) is 16.7. The molecule has 1 N–H and O–H groups in total. The molecule has 3 rings (SSSR count). The van der Waals surface area contributed by atoms with Gasteiger partial charge in [-0.25, -0.2) is 14.5 Å². The summed E-state index contributed by atoms with van der Waals surface area (Å²) in [6, 6.07) is 14.2. The molecule has 0 saturated carbocycles. The van der Waals surface area contributed by atoms with E-state index in [1.807, 2.05) is 30.3 Å². The lowest BCUT2D eigenvalue weighted by Gasteiger charge is -2.07. The maximum atomic E-state index is 11.3. The molecule has 2 aromatic carbocycles. The monoisotopic (exact) mass is 337 g/mol. The highest BCUT2D eigenvalue weighted by Gasteiger charge is 2.15. The minimum Gasteiger partial charge on any atom is -0.497 e. The molecule has 0 radical (unpaired) electrons. The van der Waals surface area contributed by atoms with Crippen LogP contribution in [0.5, 0.6) is 5.75 Å².